The molecule has 230 valence electrons. The lowest BCUT2D eigenvalue weighted by Gasteiger charge is -2.38. The number of pyridine rings is 1. The summed E-state index contributed by atoms with van der Waals surface area (Å²) >= 11 is 0. The molecule has 1 saturated heterocycles. The largest absolute Gasteiger partial charge is 0.439 e. The number of hydrogen-bond acceptors (Lipinski definition) is 7. The maximum absolute atomic E-state index is 14.3. The number of nitrogens with two attached hydrogens (primary N) is 1. The van der Waals surface area contributed by atoms with E-state index in [9.17, 15) is 26.8 Å². The number of benzene rings is 2. The second kappa shape index (κ2) is 13.8. The molecule has 1 aliphatic heterocycles. The van der Waals surface area contributed by atoms with Crippen LogP contribution in [0.2, 0.25) is 0 Å². The first-order chi connectivity index (χ1) is 20.4. The molecule has 11 nitrogen and oxygen atoms in total. The van der Waals surface area contributed by atoms with Gasteiger partial charge in [-0.1, -0.05) is 13.0 Å². The minimum absolute atomic E-state index is 0.0803. The molecule has 4 N–H and O–H groups in total. The topological polar surface area (TPSA) is 147 Å². The Balaban J connectivity index is 1.30. The van der Waals surface area contributed by atoms with Crippen LogP contribution in [0.25, 0.3) is 0 Å². The molecule has 1 aromatic heterocycles. The van der Waals surface area contributed by atoms with Gasteiger partial charge in [-0.05, 0) is 55.2 Å². The Bertz CT molecular complexity index is 1550. The van der Waals surface area contributed by atoms with E-state index in [-0.39, 0.29) is 11.7 Å². The van der Waals surface area contributed by atoms with Crippen molar-refractivity contribution in [3.63, 3.8) is 0 Å². The van der Waals surface area contributed by atoms with Crippen molar-refractivity contribution in [3.05, 3.63) is 77.5 Å². The lowest BCUT2D eigenvalue weighted by molar-refractivity contribution is 0.0996. The van der Waals surface area contributed by atoms with E-state index >= 15 is 0 Å². The lowest BCUT2D eigenvalue weighted by Crippen LogP contribution is -2.49. The fourth-order valence-electron chi connectivity index (χ4n) is 4.85. The highest BCUT2D eigenvalue weighted by molar-refractivity contribution is 7.92. The summed E-state index contributed by atoms with van der Waals surface area (Å²) in [5.74, 6) is -2.23. The van der Waals surface area contributed by atoms with E-state index in [1.165, 1.54) is 0 Å². The molecule has 2 aromatic carbocycles. The average molecular weight is 617 g/mol. The van der Waals surface area contributed by atoms with E-state index in [2.05, 4.69) is 19.9 Å². The van der Waals surface area contributed by atoms with Gasteiger partial charge in [0.2, 0.25) is 15.9 Å². The molecule has 4 rings (SSSR count). The van der Waals surface area contributed by atoms with Crippen LogP contribution in [0.4, 0.5) is 25.0 Å². The number of carbonyl (C=O) groups excluding carboxylic acids is 2. The molecule has 14 heteroatoms. The van der Waals surface area contributed by atoms with Gasteiger partial charge >= 0.3 is 6.03 Å². The number of likely N-dealkylation sites (tertiary alicyclic amines) is 1. The van der Waals surface area contributed by atoms with Crippen LogP contribution in [-0.4, -0.2) is 67.1 Å². The van der Waals surface area contributed by atoms with Crippen molar-refractivity contribution in [1.29, 1.82) is 0 Å². The number of aromatic nitrogens is 1. The van der Waals surface area contributed by atoms with Gasteiger partial charge in [0.05, 0.1) is 17.5 Å². The predicted octanol–water partition coefficient (Wildman–Crippen LogP) is 4.53. The van der Waals surface area contributed by atoms with E-state index in [0.717, 1.165) is 31.0 Å². The number of urea groups is 1. The summed E-state index contributed by atoms with van der Waals surface area (Å²) in [4.78, 5) is 32.8. The second-order valence-corrected chi connectivity index (χ2v) is 12.1. The van der Waals surface area contributed by atoms with Gasteiger partial charge < -0.3 is 20.7 Å². The van der Waals surface area contributed by atoms with Crippen LogP contribution in [0.1, 0.15) is 42.1 Å². The number of ether oxygens (including phenoxy) is 1. The van der Waals surface area contributed by atoms with Crippen molar-refractivity contribution in [3.8, 4) is 11.6 Å². The van der Waals surface area contributed by atoms with E-state index in [1.807, 2.05) is 13.0 Å². The smallest absolute Gasteiger partial charge is 0.322 e. The van der Waals surface area contributed by atoms with Crippen LogP contribution in [0, 0.1) is 11.6 Å². The highest BCUT2D eigenvalue weighted by atomic mass is 32.2. The number of nitrogens with one attached hydrogen (secondary N) is 2. The number of carbonyl (C=O) groups is 2. The summed E-state index contributed by atoms with van der Waals surface area (Å²) < 4.78 is 59.0. The summed E-state index contributed by atoms with van der Waals surface area (Å²) in [5.41, 5.74) is 5.77. The number of anilines is 2. The Labute approximate surface area is 249 Å². The highest BCUT2D eigenvalue weighted by Crippen LogP contribution is 2.25. The molecule has 43 heavy (non-hydrogen) atoms. The average Bonchev–Trinajstić information content (AvgIpc) is 2.95. The molecular weight excluding hydrogens is 582 g/mol. The number of sulfonamides is 1. The Hall–Kier alpha value is -4.30. The zero-order valence-corrected chi connectivity index (χ0v) is 24.7. The Morgan fingerprint density at radius 1 is 1.09 bits per heavy atom. The number of nitrogens with zero attached hydrogens (tertiary/aromatic N) is 3. The molecule has 0 aliphatic carbocycles. The molecule has 0 radical (unpaired) electrons. The first-order valence-electron chi connectivity index (χ1n) is 13.7. The predicted molar refractivity (Wildman–Crippen MR) is 158 cm³/mol. The third-order valence-corrected chi connectivity index (χ3v) is 7.48. The molecule has 0 atom stereocenters. The van der Waals surface area contributed by atoms with E-state index in [0.29, 0.717) is 55.7 Å². The van der Waals surface area contributed by atoms with Crippen molar-refractivity contribution >= 4 is 33.3 Å². The van der Waals surface area contributed by atoms with Crippen LogP contribution >= 0.6 is 0 Å². The quantitative estimate of drug-likeness (QED) is 0.287. The standard InChI is InChI=1S/C29H34F2N6O5S/c1-3-12-37(29(39)34-26-15-23(28(32)38)24(30)16-25(26)31)21-10-13-36(14-11-21)18-19-4-9-27(33-17-19)42-22-7-5-20(6-8-22)35-43(2,40)41/h4-9,15-17,21,35H,3,10-14,18H2,1-2H3,(H2,32,38)(H,34,39). The van der Waals surface area contributed by atoms with Crippen LogP contribution in [-0.2, 0) is 16.6 Å². The van der Waals surface area contributed by atoms with Crippen molar-refractivity contribution in [2.75, 3.05) is 35.9 Å². The highest BCUT2D eigenvalue weighted by Gasteiger charge is 2.28. The minimum atomic E-state index is -3.36. The van der Waals surface area contributed by atoms with E-state index < -0.39 is 39.2 Å². The van der Waals surface area contributed by atoms with E-state index in [1.54, 1.807) is 41.4 Å². The molecule has 3 aromatic rings. The number of halogens is 2. The zero-order valence-electron chi connectivity index (χ0n) is 23.8. The summed E-state index contributed by atoms with van der Waals surface area (Å²) in [6.07, 6.45) is 4.90. The van der Waals surface area contributed by atoms with Gasteiger partial charge in [-0.3, -0.25) is 14.4 Å². The third kappa shape index (κ3) is 8.85. The molecule has 0 spiro atoms. The second-order valence-electron chi connectivity index (χ2n) is 10.3. The van der Waals surface area contributed by atoms with Crippen LogP contribution < -0.4 is 20.5 Å². The Morgan fingerprint density at radius 3 is 2.37 bits per heavy atom. The summed E-state index contributed by atoms with van der Waals surface area (Å²) in [6.45, 7) is 4.49. The van der Waals surface area contributed by atoms with Gasteiger partial charge in [-0.2, -0.15) is 0 Å². The normalized spacial score (nSPS) is 14.2. The molecule has 0 bridgehead atoms. The van der Waals surface area contributed by atoms with Gasteiger partial charge in [-0.15, -0.1) is 0 Å². The number of piperidine rings is 1. The summed E-state index contributed by atoms with van der Waals surface area (Å²) in [6, 6.07) is 11.0. The van der Waals surface area contributed by atoms with Crippen LogP contribution in [0.5, 0.6) is 11.6 Å². The van der Waals surface area contributed by atoms with Gasteiger partial charge in [0.15, 0.2) is 0 Å². The molecular formula is C29H34F2N6O5S. The van der Waals surface area contributed by atoms with Gasteiger partial charge in [0.1, 0.15) is 17.4 Å². The monoisotopic (exact) mass is 616 g/mol. The van der Waals surface area contributed by atoms with Crippen LogP contribution in [0.3, 0.4) is 0 Å². The van der Waals surface area contributed by atoms with Crippen molar-refractivity contribution in [2.24, 2.45) is 5.73 Å². The zero-order chi connectivity index (χ0) is 31.1. The maximum atomic E-state index is 14.3. The number of hydrogen-bond donors (Lipinski definition) is 3. The molecule has 0 unspecified atom stereocenters. The Kier molecular flexibility index (Phi) is 10.1. The number of amides is 3. The number of rotatable bonds is 11. The fraction of sp³-hybridized carbons (Fsp3) is 0.345. The fourth-order valence-corrected chi connectivity index (χ4v) is 5.41. The maximum Gasteiger partial charge on any atom is 0.322 e. The third-order valence-electron chi connectivity index (χ3n) is 6.87. The van der Waals surface area contributed by atoms with Crippen molar-refractivity contribution in [1.82, 2.24) is 14.8 Å². The SMILES string of the molecule is CCCN(C(=O)Nc1cc(C(N)=O)c(F)cc1F)C1CCN(Cc2ccc(Oc3ccc(NS(C)(=O)=O)cc3)nc2)CC1. The van der Waals surface area contributed by atoms with Crippen molar-refractivity contribution in [2.45, 2.75) is 38.8 Å². The first-order valence-corrected chi connectivity index (χ1v) is 15.6. The molecule has 1 fully saturated rings. The van der Waals surface area contributed by atoms with Crippen molar-refractivity contribution < 1.29 is 31.5 Å². The van der Waals surface area contributed by atoms with Gasteiger partial charge in [0.25, 0.3) is 5.91 Å². The minimum Gasteiger partial charge on any atom is -0.439 e. The lowest BCUT2D eigenvalue weighted by atomic mass is 10.0. The number of primary amides is 1. The molecule has 0 saturated carbocycles. The summed E-state index contributed by atoms with van der Waals surface area (Å²) in [7, 11) is -3.36. The summed E-state index contributed by atoms with van der Waals surface area (Å²) in [5, 5.41) is 2.48. The van der Waals surface area contributed by atoms with Gasteiger partial charge in [-0.25, -0.2) is 27.0 Å². The van der Waals surface area contributed by atoms with Crippen LogP contribution in [0.15, 0.2) is 54.7 Å². The molecule has 1 aliphatic rings. The molecule has 2 heterocycles. The first kappa shape index (κ1) is 31.6. The molecule has 3 amide bonds. The Morgan fingerprint density at radius 2 is 1.79 bits per heavy atom. The van der Waals surface area contributed by atoms with Gasteiger partial charge in [0, 0.05) is 56.2 Å². The van der Waals surface area contributed by atoms with E-state index in [4.69, 9.17) is 10.5 Å².